The van der Waals surface area contributed by atoms with Crippen molar-refractivity contribution in [3.63, 3.8) is 0 Å². The summed E-state index contributed by atoms with van der Waals surface area (Å²) in [6, 6.07) is 7.18. The third-order valence-electron chi connectivity index (χ3n) is 3.72. The first-order valence-electron chi connectivity index (χ1n) is 7.41. The van der Waals surface area contributed by atoms with Crippen LogP contribution >= 0.6 is 0 Å². The average molecular weight is 263 g/mol. The van der Waals surface area contributed by atoms with Crippen LogP contribution in [0.15, 0.2) is 18.2 Å². The number of hydrogen-bond donors (Lipinski definition) is 1. The van der Waals surface area contributed by atoms with E-state index in [0.29, 0.717) is 12.1 Å². The van der Waals surface area contributed by atoms with Crippen molar-refractivity contribution in [1.29, 1.82) is 0 Å². The van der Waals surface area contributed by atoms with Gasteiger partial charge < -0.3 is 10.1 Å². The zero-order chi connectivity index (χ0) is 14.3. The van der Waals surface area contributed by atoms with Crippen LogP contribution in [0.1, 0.15) is 55.8 Å². The molecule has 0 heterocycles. The second-order valence-corrected chi connectivity index (χ2v) is 5.49. The van der Waals surface area contributed by atoms with Gasteiger partial charge in [-0.15, -0.1) is 0 Å². The summed E-state index contributed by atoms with van der Waals surface area (Å²) < 4.78 is 5.37. The van der Waals surface area contributed by atoms with E-state index in [2.05, 4.69) is 51.2 Å². The molecule has 0 spiro atoms. The molecule has 2 heteroatoms. The van der Waals surface area contributed by atoms with Crippen LogP contribution in [0.2, 0.25) is 0 Å². The molecule has 0 saturated carbocycles. The summed E-state index contributed by atoms with van der Waals surface area (Å²) in [6.45, 7) is 9.79. The van der Waals surface area contributed by atoms with E-state index < -0.39 is 0 Å². The predicted molar refractivity (Wildman–Crippen MR) is 82.7 cm³/mol. The normalized spacial score (nSPS) is 14.4. The third-order valence-corrected chi connectivity index (χ3v) is 3.72. The van der Waals surface area contributed by atoms with Crippen LogP contribution in [-0.2, 0) is 4.74 Å². The summed E-state index contributed by atoms with van der Waals surface area (Å²) in [5, 5.41) is 3.68. The van der Waals surface area contributed by atoms with Crippen LogP contribution in [0, 0.1) is 13.8 Å². The summed E-state index contributed by atoms with van der Waals surface area (Å²) >= 11 is 0. The monoisotopic (exact) mass is 263 g/mol. The minimum Gasteiger partial charge on any atom is -0.382 e. The van der Waals surface area contributed by atoms with E-state index in [4.69, 9.17) is 4.74 Å². The highest BCUT2D eigenvalue weighted by Crippen LogP contribution is 2.24. The summed E-state index contributed by atoms with van der Waals surface area (Å²) in [6.07, 6.45) is 3.71. The van der Waals surface area contributed by atoms with E-state index in [9.17, 15) is 0 Å². The number of aryl methyl sites for hydroxylation is 2. The highest BCUT2D eigenvalue weighted by molar-refractivity contribution is 5.33. The van der Waals surface area contributed by atoms with Crippen LogP contribution in [0.5, 0.6) is 0 Å². The van der Waals surface area contributed by atoms with Gasteiger partial charge in [-0.1, -0.05) is 30.7 Å². The Morgan fingerprint density at radius 3 is 2.58 bits per heavy atom. The molecule has 1 aromatic carbocycles. The molecule has 19 heavy (non-hydrogen) atoms. The van der Waals surface area contributed by atoms with Crippen LogP contribution < -0.4 is 5.32 Å². The van der Waals surface area contributed by atoms with Crippen molar-refractivity contribution in [2.45, 2.75) is 59.1 Å². The van der Waals surface area contributed by atoms with Crippen LogP contribution in [0.3, 0.4) is 0 Å². The molecule has 1 aromatic rings. The number of nitrogens with one attached hydrogen (secondary N) is 1. The van der Waals surface area contributed by atoms with Crippen LogP contribution in [-0.4, -0.2) is 19.8 Å². The Morgan fingerprint density at radius 1 is 1.21 bits per heavy atom. The highest BCUT2D eigenvalue weighted by atomic mass is 16.5. The van der Waals surface area contributed by atoms with E-state index in [1.165, 1.54) is 23.1 Å². The second-order valence-electron chi connectivity index (χ2n) is 5.49. The molecule has 2 unspecified atom stereocenters. The zero-order valence-electron chi connectivity index (χ0n) is 13.1. The van der Waals surface area contributed by atoms with Gasteiger partial charge in [-0.2, -0.15) is 0 Å². The summed E-state index contributed by atoms with van der Waals surface area (Å²) in [5.74, 6) is 0. The largest absolute Gasteiger partial charge is 0.382 e. The third kappa shape index (κ3) is 5.33. The topological polar surface area (TPSA) is 21.3 Å². The van der Waals surface area contributed by atoms with E-state index in [1.807, 2.05) is 0 Å². The van der Waals surface area contributed by atoms with Gasteiger partial charge in [0, 0.05) is 13.2 Å². The van der Waals surface area contributed by atoms with Gasteiger partial charge in [0.15, 0.2) is 0 Å². The summed E-state index contributed by atoms with van der Waals surface area (Å²) in [5.41, 5.74) is 4.16. The Bertz CT molecular complexity index is 376. The fourth-order valence-electron chi connectivity index (χ4n) is 2.34. The van der Waals surface area contributed by atoms with Gasteiger partial charge in [0.2, 0.25) is 0 Å². The van der Waals surface area contributed by atoms with E-state index in [-0.39, 0.29) is 0 Å². The van der Waals surface area contributed by atoms with Crippen molar-refractivity contribution >= 4 is 0 Å². The quantitative estimate of drug-likeness (QED) is 0.760. The van der Waals surface area contributed by atoms with E-state index >= 15 is 0 Å². The molecule has 0 aliphatic carbocycles. The number of hydrogen-bond acceptors (Lipinski definition) is 2. The molecular weight excluding hydrogens is 234 g/mol. The van der Waals surface area contributed by atoms with Gasteiger partial charge in [0.05, 0.1) is 6.10 Å². The minimum absolute atomic E-state index is 0.330. The molecule has 0 radical (unpaired) electrons. The lowest BCUT2D eigenvalue weighted by molar-refractivity contribution is 0.106. The van der Waals surface area contributed by atoms with Crippen LogP contribution in [0.4, 0.5) is 0 Å². The van der Waals surface area contributed by atoms with Crippen molar-refractivity contribution in [2.75, 3.05) is 13.7 Å². The lowest BCUT2D eigenvalue weighted by Gasteiger charge is -2.23. The van der Waals surface area contributed by atoms with Gasteiger partial charge >= 0.3 is 0 Å². The number of methoxy groups -OCH3 is 1. The molecule has 0 aliphatic rings. The molecule has 1 N–H and O–H groups in total. The summed E-state index contributed by atoms with van der Waals surface area (Å²) in [4.78, 5) is 0. The molecule has 2 nitrogen and oxygen atoms in total. The van der Waals surface area contributed by atoms with Crippen molar-refractivity contribution in [1.82, 2.24) is 5.32 Å². The van der Waals surface area contributed by atoms with Crippen molar-refractivity contribution in [3.8, 4) is 0 Å². The smallest absolute Gasteiger partial charge is 0.0543 e. The zero-order valence-corrected chi connectivity index (χ0v) is 13.1. The molecule has 0 saturated heterocycles. The Morgan fingerprint density at radius 2 is 1.95 bits per heavy atom. The standard InChI is InChI=1S/C17H29NO/c1-6-11-18-17(10-9-15(4)19-5)16-12-13(2)7-8-14(16)3/h7-8,12,15,17-18H,6,9-11H2,1-5H3. The molecule has 2 atom stereocenters. The Hall–Kier alpha value is -0.860. The number of benzene rings is 1. The predicted octanol–water partition coefficient (Wildman–Crippen LogP) is 4.16. The summed E-state index contributed by atoms with van der Waals surface area (Å²) in [7, 11) is 1.79. The SMILES string of the molecule is CCCNC(CCC(C)OC)c1cc(C)ccc1C. The Balaban J connectivity index is 2.79. The molecule has 0 aliphatic heterocycles. The van der Waals surface area contributed by atoms with Gasteiger partial charge in [-0.3, -0.25) is 0 Å². The molecule has 1 rings (SSSR count). The van der Waals surface area contributed by atoms with Gasteiger partial charge in [-0.05, 0) is 57.7 Å². The number of ether oxygens (including phenoxy) is 1. The van der Waals surface area contributed by atoms with Gasteiger partial charge in [0.25, 0.3) is 0 Å². The second kappa shape index (κ2) is 8.34. The van der Waals surface area contributed by atoms with Crippen molar-refractivity contribution in [2.24, 2.45) is 0 Å². The maximum atomic E-state index is 5.37. The molecule has 108 valence electrons. The molecule has 0 fully saturated rings. The molecule has 0 bridgehead atoms. The fraction of sp³-hybridized carbons (Fsp3) is 0.647. The highest BCUT2D eigenvalue weighted by Gasteiger charge is 2.14. The molecule has 0 amide bonds. The fourth-order valence-corrected chi connectivity index (χ4v) is 2.34. The molecule has 0 aromatic heterocycles. The average Bonchev–Trinajstić information content (AvgIpc) is 2.41. The lowest BCUT2D eigenvalue weighted by atomic mass is 9.94. The van der Waals surface area contributed by atoms with Crippen molar-refractivity contribution in [3.05, 3.63) is 34.9 Å². The Labute approximate surface area is 118 Å². The minimum atomic E-state index is 0.330. The number of rotatable bonds is 8. The maximum Gasteiger partial charge on any atom is 0.0543 e. The Kier molecular flexibility index (Phi) is 7.11. The first kappa shape index (κ1) is 16.2. The first-order valence-corrected chi connectivity index (χ1v) is 7.41. The van der Waals surface area contributed by atoms with Gasteiger partial charge in [0.1, 0.15) is 0 Å². The molecular formula is C17H29NO. The van der Waals surface area contributed by atoms with E-state index in [1.54, 1.807) is 7.11 Å². The van der Waals surface area contributed by atoms with Crippen LogP contribution in [0.25, 0.3) is 0 Å². The van der Waals surface area contributed by atoms with E-state index in [0.717, 1.165) is 19.4 Å². The lowest BCUT2D eigenvalue weighted by Crippen LogP contribution is -2.24. The van der Waals surface area contributed by atoms with Crippen molar-refractivity contribution < 1.29 is 4.74 Å². The first-order chi connectivity index (χ1) is 9.08. The maximum absolute atomic E-state index is 5.37. The van der Waals surface area contributed by atoms with Gasteiger partial charge in [-0.25, -0.2) is 0 Å².